The van der Waals surface area contributed by atoms with Gasteiger partial charge in [0.25, 0.3) is 0 Å². The molecule has 0 saturated carbocycles. The van der Waals surface area contributed by atoms with Crippen molar-refractivity contribution >= 4 is 11.9 Å². The molecule has 0 aromatic heterocycles. The highest BCUT2D eigenvalue weighted by Gasteiger charge is 2.18. The molecule has 2 atom stereocenters. The number of aliphatic hydroxyl groups is 2. The van der Waals surface area contributed by atoms with Gasteiger partial charge in [0.15, 0.2) is 0 Å². The van der Waals surface area contributed by atoms with Gasteiger partial charge in [-0.1, -0.05) is 275 Å². The van der Waals surface area contributed by atoms with Gasteiger partial charge in [-0.15, -0.1) is 0 Å². The fourth-order valence-corrected chi connectivity index (χ4v) is 9.57. The summed E-state index contributed by atoms with van der Waals surface area (Å²) in [6, 6.07) is -0.628. The van der Waals surface area contributed by atoms with E-state index in [1.165, 1.54) is 263 Å². The summed E-state index contributed by atoms with van der Waals surface area (Å²) in [5, 5.41) is 23.0. The van der Waals surface area contributed by atoms with Crippen molar-refractivity contribution in [3.05, 3.63) is 36.5 Å². The fraction of sp³-hybridized carbons (Fsp3) is 0.875. The van der Waals surface area contributed by atoms with E-state index in [2.05, 4.69) is 43.5 Å². The van der Waals surface area contributed by atoms with Crippen molar-refractivity contribution in [1.82, 2.24) is 5.32 Å². The topological polar surface area (TPSA) is 95.9 Å². The molecule has 0 aliphatic carbocycles. The molecule has 1 amide bonds. The van der Waals surface area contributed by atoms with Crippen molar-refractivity contribution in [2.24, 2.45) is 0 Å². The Kier molecular flexibility index (Phi) is 58.0. The highest BCUT2D eigenvalue weighted by atomic mass is 16.5. The second-order valence-corrected chi connectivity index (χ2v) is 21.4. The van der Waals surface area contributed by atoms with Crippen molar-refractivity contribution in [3.8, 4) is 0 Å². The second-order valence-electron chi connectivity index (χ2n) is 21.4. The van der Waals surface area contributed by atoms with E-state index >= 15 is 0 Å². The number of amides is 1. The van der Waals surface area contributed by atoms with E-state index in [1.807, 2.05) is 6.08 Å². The fourth-order valence-electron chi connectivity index (χ4n) is 9.57. The average molecular weight is 985 g/mol. The Morgan fingerprint density at radius 3 is 1.01 bits per heavy atom. The Labute approximate surface area is 436 Å². The number of allylic oxidation sites excluding steroid dienone is 5. The van der Waals surface area contributed by atoms with Gasteiger partial charge < -0.3 is 20.3 Å². The lowest BCUT2D eigenvalue weighted by molar-refractivity contribution is -0.143. The molecule has 0 aromatic carbocycles. The van der Waals surface area contributed by atoms with Crippen LogP contribution in [0.25, 0.3) is 0 Å². The van der Waals surface area contributed by atoms with E-state index in [0.717, 1.165) is 44.9 Å². The van der Waals surface area contributed by atoms with Gasteiger partial charge in [-0.05, 0) is 83.5 Å². The van der Waals surface area contributed by atoms with Crippen LogP contribution in [-0.2, 0) is 14.3 Å². The lowest BCUT2D eigenvalue weighted by Crippen LogP contribution is -2.45. The highest BCUT2D eigenvalue weighted by Crippen LogP contribution is 2.17. The highest BCUT2D eigenvalue weighted by molar-refractivity contribution is 5.76. The molecule has 3 N–H and O–H groups in total. The molecule has 0 bridgehead atoms. The molecule has 412 valence electrons. The zero-order valence-electron chi connectivity index (χ0n) is 47.0. The van der Waals surface area contributed by atoms with Crippen LogP contribution in [0.1, 0.15) is 335 Å². The maximum absolute atomic E-state index is 12.4. The summed E-state index contributed by atoms with van der Waals surface area (Å²) in [5.41, 5.74) is 0. The summed E-state index contributed by atoms with van der Waals surface area (Å²) >= 11 is 0. The Morgan fingerprint density at radius 1 is 0.386 bits per heavy atom. The predicted molar refractivity (Wildman–Crippen MR) is 306 cm³/mol. The van der Waals surface area contributed by atoms with E-state index in [4.69, 9.17) is 4.74 Å². The summed E-state index contributed by atoms with van der Waals surface area (Å²) in [4.78, 5) is 24.5. The number of hydrogen-bond donors (Lipinski definition) is 3. The largest absolute Gasteiger partial charge is 0.466 e. The first-order chi connectivity index (χ1) is 34.5. The Bertz CT molecular complexity index is 1130. The molecule has 6 nitrogen and oxygen atoms in total. The third-order valence-corrected chi connectivity index (χ3v) is 14.4. The minimum absolute atomic E-state index is 0.00999. The Morgan fingerprint density at radius 2 is 0.671 bits per heavy atom. The summed E-state index contributed by atoms with van der Waals surface area (Å²) in [6.07, 6.45) is 74.8. The van der Waals surface area contributed by atoms with Gasteiger partial charge in [-0.3, -0.25) is 9.59 Å². The van der Waals surface area contributed by atoms with Crippen molar-refractivity contribution in [3.63, 3.8) is 0 Å². The lowest BCUT2D eigenvalue weighted by Gasteiger charge is -2.20. The minimum Gasteiger partial charge on any atom is -0.466 e. The number of carbonyl (C=O) groups is 2. The van der Waals surface area contributed by atoms with Gasteiger partial charge in [0.2, 0.25) is 5.91 Å². The third kappa shape index (κ3) is 55.4. The van der Waals surface area contributed by atoms with Gasteiger partial charge in [-0.2, -0.15) is 0 Å². The SMILES string of the molecule is CCCCCCCCC/C=C\CCCCCCCCCC(=O)OCCCCCCCCCCCCCC/C=C\CCCCCCCCCCCC(=O)NC(CO)C(O)/C=C/CCCCCCCCCC. The molecule has 0 rings (SSSR count). The van der Waals surface area contributed by atoms with Gasteiger partial charge in [-0.25, -0.2) is 0 Å². The number of rotatable bonds is 58. The Hall–Kier alpha value is -1.92. The first-order valence-corrected chi connectivity index (χ1v) is 31.3. The predicted octanol–water partition coefficient (Wildman–Crippen LogP) is 19.6. The van der Waals surface area contributed by atoms with Crippen LogP contribution in [0.15, 0.2) is 36.5 Å². The first kappa shape index (κ1) is 68.1. The molecule has 2 unspecified atom stereocenters. The van der Waals surface area contributed by atoms with Crippen molar-refractivity contribution < 1.29 is 24.5 Å². The van der Waals surface area contributed by atoms with Crippen LogP contribution < -0.4 is 5.32 Å². The molecule has 0 heterocycles. The van der Waals surface area contributed by atoms with E-state index < -0.39 is 12.1 Å². The van der Waals surface area contributed by atoms with E-state index in [9.17, 15) is 19.8 Å². The maximum atomic E-state index is 12.4. The van der Waals surface area contributed by atoms with Crippen molar-refractivity contribution in [2.45, 2.75) is 347 Å². The zero-order chi connectivity index (χ0) is 50.7. The smallest absolute Gasteiger partial charge is 0.305 e. The normalized spacial score (nSPS) is 12.8. The molecule has 0 aliphatic heterocycles. The molecular weight excluding hydrogens is 863 g/mol. The quantitative estimate of drug-likeness (QED) is 0.0321. The molecular formula is C64H121NO5. The van der Waals surface area contributed by atoms with E-state index in [1.54, 1.807) is 6.08 Å². The number of ether oxygens (including phenoxy) is 1. The third-order valence-electron chi connectivity index (χ3n) is 14.4. The van der Waals surface area contributed by atoms with Gasteiger partial charge in [0.05, 0.1) is 25.4 Å². The molecule has 0 radical (unpaired) electrons. The summed E-state index contributed by atoms with van der Waals surface area (Å²) < 4.78 is 5.50. The monoisotopic (exact) mass is 984 g/mol. The standard InChI is InChI=1S/C64H121NO5/c1-3-5-7-9-11-13-15-16-17-18-29-32-35-38-42-46-50-54-58-64(69)70-59-55-51-47-43-39-36-33-30-27-25-23-21-19-20-22-24-26-28-31-34-37-41-45-49-53-57-63(68)65-61(60-66)62(67)56-52-48-44-40-14-12-10-8-6-4-2/h17-18,20,22,52,56,61-62,66-67H,3-16,19,21,23-51,53-55,57-60H2,1-2H3,(H,65,68)/b18-17-,22-20-,56-52+. The van der Waals surface area contributed by atoms with E-state index in [-0.39, 0.29) is 18.5 Å². The average Bonchev–Trinajstić information content (AvgIpc) is 3.36. The van der Waals surface area contributed by atoms with Crippen LogP contribution >= 0.6 is 0 Å². The summed E-state index contributed by atoms with van der Waals surface area (Å²) in [5.74, 6) is -0.0627. The number of nitrogens with one attached hydrogen (secondary N) is 1. The molecule has 0 fully saturated rings. The number of hydrogen-bond acceptors (Lipinski definition) is 5. The number of unbranched alkanes of at least 4 members (excludes halogenated alkanes) is 43. The summed E-state index contributed by atoms with van der Waals surface area (Å²) in [7, 11) is 0. The lowest BCUT2D eigenvalue weighted by atomic mass is 10.0. The van der Waals surface area contributed by atoms with E-state index in [0.29, 0.717) is 19.4 Å². The van der Waals surface area contributed by atoms with Crippen LogP contribution in [0.3, 0.4) is 0 Å². The Balaban J connectivity index is 3.38. The molecule has 70 heavy (non-hydrogen) atoms. The van der Waals surface area contributed by atoms with Crippen molar-refractivity contribution in [2.75, 3.05) is 13.2 Å². The first-order valence-electron chi connectivity index (χ1n) is 31.3. The second kappa shape index (κ2) is 59.6. The van der Waals surface area contributed by atoms with Crippen molar-refractivity contribution in [1.29, 1.82) is 0 Å². The van der Waals surface area contributed by atoms with Gasteiger partial charge in [0, 0.05) is 12.8 Å². The number of carbonyl (C=O) groups excluding carboxylic acids is 2. The minimum atomic E-state index is -0.844. The molecule has 0 saturated heterocycles. The molecule has 0 aliphatic rings. The number of esters is 1. The summed E-state index contributed by atoms with van der Waals surface area (Å²) in [6.45, 7) is 4.89. The van der Waals surface area contributed by atoms with Crippen LogP contribution in [0, 0.1) is 0 Å². The van der Waals surface area contributed by atoms with Crippen LogP contribution in [0.2, 0.25) is 0 Å². The molecule has 0 spiro atoms. The molecule has 0 aromatic rings. The van der Waals surface area contributed by atoms with Crippen LogP contribution in [0.5, 0.6) is 0 Å². The van der Waals surface area contributed by atoms with Gasteiger partial charge >= 0.3 is 5.97 Å². The van der Waals surface area contributed by atoms with Crippen LogP contribution in [0.4, 0.5) is 0 Å². The number of aliphatic hydroxyl groups excluding tert-OH is 2. The molecule has 6 heteroatoms. The van der Waals surface area contributed by atoms with Gasteiger partial charge in [0.1, 0.15) is 0 Å². The van der Waals surface area contributed by atoms with Crippen LogP contribution in [-0.4, -0.2) is 47.4 Å². The zero-order valence-corrected chi connectivity index (χ0v) is 47.0. The maximum Gasteiger partial charge on any atom is 0.305 e.